The highest BCUT2D eigenvalue weighted by molar-refractivity contribution is 6.26. The summed E-state index contributed by atoms with van der Waals surface area (Å²) in [4.78, 5) is 15.8. The van der Waals surface area contributed by atoms with E-state index in [0.29, 0.717) is 17.6 Å². The highest BCUT2D eigenvalue weighted by atomic mass is 16.3. The van der Waals surface area contributed by atoms with Crippen molar-refractivity contribution in [2.45, 2.75) is 0 Å². The van der Waals surface area contributed by atoms with Gasteiger partial charge in [0.2, 0.25) is 5.95 Å². The Morgan fingerprint density at radius 2 is 0.965 bits per heavy atom. The molecule has 0 N–H and O–H groups in total. The number of rotatable bonds is 5. The zero-order chi connectivity index (χ0) is 37.5. The van der Waals surface area contributed by atoms with Crippen LogP contribution in [0.15, 0.2) is 192 Å². The van der Waals surface area contributed by atoms with Gasteiger partial charge in [0.25, 0.3) is 0 Å². The first-order valence-electron chi connectivity index (χ1n) is 19.1. The molecule has 0 saturated carbocycles. The maximum absolute atomic E-state index is 6.63. The van der Waals surface area contributed by atoms with E-state index in [9.17, 15) is 0 Å². The minimum absolute atomic E-state index is 0.555. The molecule has 12 rings (SSSR count). The van der Waals surface area contributed by atoms with Gasteiger partial charge in [0.15, 0.2) is 17.2 Å². The number of furan rings is 1. The highest BCUT2D eigenvalue weighted by Crippen LogP contribution is 2.43. The number of fused-ring (bicyclic) bond motifs is 10. The molecule has 0 aliphatic heterocycles. The number of hydrogen-bond donors (Lipinski definition) is 0. The molecule has 0 spiro atoms. The van der Waals surface area contributed by atoms with Crippen molar-refractivity contribution in [2.24, 2.45) is 0 Å². The van der Waals surface area contributed by atoms with Gasteiger partial charge in [-0.25, -0.2) is 4.98 Å². The van der Waals surface area contributed by atoms with Gasteiger partial charge in [0.1, 0.15) is 5.58 Å². The van der Waals surface area contributed by atoms with Gasteiger partial charge in [-0.2, -0.15) is 9.97 Å². The van der Waals surface area contributed by atoms with Crippen LogP contribution in [0.25, 0.3) is 111 Å². The third-order valence-corrected chi connectivity index (χ3v) is 11.2. The lowest BCUT2D eigenvalue weighted by Crippen LogP contribution is -2.06. The minimum Gasteiger partial charge on any atom is -0.454 e. The third kappa shape index (κ3) is 4.81. The molecule has 0 amide bonds. The summed E-state index contributed by atoms with van der Waals surface area (Å²) < 4.78 is 11.2. The summed E-state index contributed by atoms with van der Waals surface area (Å²) in [6, 6.07) is 65.4. The van der Waals surface area contributed by atoms with E-state index in [2.05, 4.69) is 161 Å². The van der Waals surface area contributed by atoms with Crippen molar-refractivity contribution < 1.29 is 4.42 Å². The van der Waals surface area contributed by atoms with Crippen LogP contribution in [-0.4, -0.2) is 24.1 Å². The average molecular weight is 730 g/mol. The molecular formula is C51H31N5O. The Kier molecular flexibility index (Phi) is 6.83. The molecule has 4 aromatic heterocycles. The van der Waals surface area contributed by atoms with Crippen molar-refractivity contribution in [3.63, 3.8) is 0 Å². The van der Waals surface area contributed by atoms with Crippen LogP contribution in [0.1, 0.15) is 0 Å². The Balaban J connectivity index is 1.19. The second-order valence-electron chi connectivity index (χ2n) is 14.4. The molecular weight excluding hydrogens is 699 g/mol. The van der Waals surface area contributed by atoms with Crippen LogP contribution in [0.3, 0.4) is 0 Å². The number of aromatic nitrogens is 5. The lowest BCUT2D eigenvalue weighted by Gasteiger charge is -2.12. The van der Waals surface area contributed by atoms with Crippen molar-refractivity contribution in [1.82, 2.24) is 24.1 Å². The first-order valence-corrected chi connectivity index (χ1v) is 19.1. The summed E-state index contributed by atoms with van der Waals surface area (Å²) in [5.74, 6) is 1.77. The van der Waals surface area contributed by atoms with Gasteiger partial charge in [0.05, 0.1) is 27.8 Å². The van der Waals surface area contributed by atoms with Crippen LogP contribution < -0.4 is 0 Å². The first-order chi connectivity index (χ1) is 28.3. The Bertz CT molecular complexity index is 3520. The number of hydrogen-bond acceptors (Lipinski definition) is 4. The van der Waals surface area contributed by atoms with Crippen LogP contribution >= 0.6 is 0 Å². The highest BCUT2D eigenvalue weighted by Gasteiger charge is 2.24. The van der Waals surface area contributed by atoms with Crippen LogP contribution in [-0.2, 0) is 0 Å². The predicted molar refractivity (Wildman–Crippen MR) is 232 cm³/mol. The van der Waals surface area contributed by atoms with Gasteiger partial charge in [-0.3, -0.25) is 4.57 Å². The Morgan fingerprint density at radius 1 is 0.368 bits per heavy atom. The molecule has 0 radical (unpaired) electrons. The van der Waals surface area contributed by atoms with E-state index in [0.717, 1.165) is 93.5 Å². The third-order valence-electron chi connectivity index (χ3n) is 11.2. The first kappa shape index (κ1) is 31.5. The fourth-order valence-electron chi connectivity index (χ4n) is 8.66. The molecule has 6 nitrogen and oxygen atoms in total. The molecule has 0 aliphatic rings. The number of nitrogens with zero attached hydrogens (tertiary/aromatic N) is 5. The molecule has 12 aromatic rings. The van der Waals surface area contributed by atoms with E-state index >= 15 is 0 Å². The molecule has 266 valence electrons. The second-order valence-corrected chi connectivity index (χ2v) is 14.4. The SMILES string of the molecule is c1ccc(-c2cccc(-c3nc(-c4ccccc4)nc(-n4c5ccccc5c5ccc6c(c7ccccc7n6-c6cccc7c6oc6ccccc67)c54)n3)c2)cc1. The molecule has 0 bridgehead atoms. The standard InChI is InChI=1S/C51H31N5O/c1-3-15-32(16-4-1)34-19-13-20-35(31-34)50-52-49(33-17-5-2-6-18-33)53-51(54-50)56-41-25-10-7-21-36(41)38-29-30-43-46(47(38)56)40-23-8-11-26-42(40)55(43)44-27-14-24-39-37-22-9-12-28-45(37)57-48(39)44/h1-31H. The average Bonchev–Trinajstić information content (AvgIpc) is 3.95. The fourth-order valence-corrected chi connectivity index (χ4v) is 8.66. The van der Waals surface area contributed by atoms with E-state index in [1.807, 2.05) is 36.4 Å². The fraction of sp³-hybridized carbons (Fsp3) is 0. The van der Waals surface area contributed by atoms with E-state index in [4.69, 9.17) is 19.4 Å². The molecule has 0 unspecified atom stereocenters. The van der Waals surface area contributed by atoms with Crippen LogP contribution in [0.2, 0.25) is 0 Å². The van der Waals surface area contributed by atoms with Crippen molar-refractivity contribution in [1.29, 1.82) is 0 Å². The molecule has 0 saturated heterocycles. The summed E-state index contributed by atoms with van der Waals surface area (Å²) in [5.41, 5.74) is 11.0. The number of para-hydroxylation sites is 4. The molecule has 0 aliphatic carbocycles. The van der Waals surface area contributed by atoms with Crippen molar-refractivity contribution >= 4 is 65.6 Å². The lowest BCUT2D eigenvalue weighted by atomic mass is 10.0. The largest absolute Gasteiger partial charge is 0.454 e. The summed E-state index contributed by atoms with van der Waals surface area (Å²) in [6.07, 6.45) is 0. The summed E-state index contributed by atoms with van der Waals surface area (Å²) in [5, 5.41) is 6.68. The Hall–Kier alpha value is -7.83. The van der Waals surface area contributed by atoms with Gasteiger partial charge >= 0.3 is 0 Å². The topological polar surface area (TPSA) is 61.7 Å². The van der Waals surface area contributed by atoms with E-state index in [-0.39, 0.29) is 0 Å². The normalized spacial score (nSPS) is 11.9. The van der Waals surface area contributed by atoms with E-state index < -0.39 is 0 Å². The quantitative estimate of drug-likeness (QED) is 0.177. The second kappa shape index (κ2) is 12.3. The van der Waals surface area contributed by atoms with Crippen LogP contribution in [0, 0.1) is 0 Å². The summed E-state index contributed by atoms with van der Waals surface area (Å²) in [7, 11) is 0. The molecule has 6 heteroatoms. The van der Waals surface area contributed by atoms with Gasteiger partial charge in [-0.1, -0.05) is 152 Å². The van der Waals surface area contributed by atoms with E-state index in [1.54, 1.807) is 0 Å². The Labute approximate surface area is 326 Å². The summed E-state index contributed by atoms with van der Waals surface area (Å²) >= 11 is 0. The van der Waals surface area contributed by atoms with Gasteiger partial charge < -0.3 is 8.98 Å². The van der Waals surface area contributed by atoms with Crippen LogP contribution in [0.4, 0.5) is 0 Å². The molecule has 8 aromatic carbocycles. The maximum Gasteiger partial charge on any atom is 0.238 e. The van der Waals surface area contributed by atoms with Gasteiger partial charge in [-0.15, -0.1) is 0 Å². The predicted octanol–water partition coefficient (Wildman–Crippen LogP) is 13.0. The van der Waals surface area contributed by atoms with Crippen molar-refractivity contribution in [3.05, 3.63) is 188 Å². The zero-order valence-corrected chi connectivity index (χ0v) is 30.5. The Morgan fingerprint density at radius 3 is 1.77 bits per heavy atom. The van der Waals surface area contributed by atoms with E-state index in [1.165, 1.54) is 0 Å². The summed E-state index contributed by atoms with van der Waals surface area (Å²) in [6.45, 7) is 0. The van der Waals surface area contributed by atoms with Crippen LogP contribution in [0.5, 0.6) is 0 Å². The van der Waals surface area contributed by atoms with Gasteiger partial charge in [-0.05, 0) is 47.5 Å². The molecule has 0 atom stereocenters. The van der Waals surface area contributed by atoms with Gasteiger partial charge in [0, 0.05) is 43.4 Å². The molecule has 57 heavy (non-hydrogen) atoms. The monoisotopic (exact) mass is 729 g/mol. The molecule has 4 heterocycles. The van der Waals surface area contributed by atoms with Crippen molar-refractivity contribution in [2.75, 3.05) is 0 Å². The smallest absolute Gasteiger partial charge is 0.238 e. The zero-order valence-electron chi connectivity index (χ0n) is 30.5. The number of benzene rings is 8. The lowest BCUT2D eigenvalue weighted by molar-refractivity contribution is 0.666. The molecule has 0 fully saturated rings. The van der Waals surface area contributed by atoms with Crippen molar-refractivity contribution in [3.8, 4) is 45.5 Å². The minimum atomic E-state index is 0.555. The maximum atomic E-state index is 6.63.